The number of nitrogens with zero attached hydrogens (tertiary/aromatic N) is 3. The molecular weight excluding hydrogens is 408 g/mol. The summed E-state index contributed by atoms with van der Waals surface area (Å²) >= 11 is 1.72. The summed E-state index contributed by atoms with van der Waals surface area (Å²) < 4.78 is 6.04. The normalized spacial score (nSPS) is 15.1. The van der Waals surface area contributed by atoms with Crippen LogP contribution >= 0.6 is 11.3 Å². The first-order valence-electron chi connectivity index (χ1n) is 10.5. The third-order valence-electron chi connectivity index (χ3n) is 5.52. The second kappa shape index (κ2) is 9.16. The highest BCUT2D eigenvalue weighted by molar-refractivity contribution is 7.20. The highest BCUT2D eigenvalue weighted by atomic mass is 32.1. The van der Waals surface area contributed by atoms with E-state index in [0.717, 1.165) is 28.3 Å². The smallest absolute Gasteiger partial charge is 0.248 e. The Kier molecular flexibility index (Phi) is 6.34. The van der Waals surface area contributed by atoms with Crippen LogP contribution in [0.5, 0.6) is 0 Å². The van der Waals surface area contributed by atoms with Crippen molar-refractivity contribution in [3.8, 4) is 0 Å². The minimum absolute atomic E-state index is 0.0345. The molecule has 0 fully saturated rings. The molecule has 0 aliphatic carbocycles. The minimum Gasteiger partial charge on any atom is -0.375 e. The van der Waals surface area contributed by atoms with Crippen LogP contribution in [-0.4, -0.2) is 47.6 Å². The number of ether oxygens (including phenoxy) is 1. The summed E-state index contributed by atoms with van der Waals surface area (Å²) in [4.78, 5) is 24.5. The number of methoxy groups -OCH3 is 1. The number of rotatable bonds is 6. The summed E-state index contributed by atoms with van der Waals surface area (Å²) in [5.41, 5.74) is 4.71. The summed E-state index contributed by atoms with van der Waals surface area (Å²) in [6.45, 7) is 7.65. The number of amides is 1. The van der Waals surface area contributed by atoms with Gasteiger partial charge in [-0.3, -0.25) is 4.79 Å². The predicted molar refractivity (Wildman–Crippen MR) is 126 cm³/mol. The average molecular weight is 437 g/mol. The van der Waals surface area contributed by atoms with Crippen molar-refractivity contribution in [2.75, 3.05) is 32.1 Å². The number of hydrogen-bond acceptors (Lipinski definition) is 6. The van der Waals surface area contributed by atoms with Crippen molar-refractivity contribution >= 4 is 38.9 Å². The van der Waals surface area contributed by atoms with Crippen LogP contribution in [0.3, 0.4) is 0 Å². The monoisotopic (exact) mass is 436 g/mol. The van der Waals surface area contributed by atoms with Crippen LogP contribution in [0.4, 0.5) is 5.82 Å². The molecule has 1 aliphatic heterocycles. The fourth-order valence-corrected chi connectivity index (χ4v) is 4.98. The van der Waals surface area contributed by atoms with Gasteiger partial charge in [-0.15, -0.1) is 11.3 Å². The number of aromatic nitrogens is 2. The molecule has 0 saturated heterocycles. The Morgan fingerprint density at radius 3 is 2.84 bits per heavy atom. The zero-order chi connectivity index (χ0) is 22.0. The van der Waals surface area contributed by atoms with Crippen molar-refractivity contribution in [3.63, 3.8) is 0 Å². The van der Waals surface area contributed by atoms with Gasteiger partial charge in [-0.25, -0.2) is 9.97 Å². The van der Waals surface area contributed by atoms with Crippen LogP contribution < -0.4 is 5.32 Å². The van der Waals surface area contributed by atoms with Gasteiger partial charge in [0.25, 0.3) is 0 Å². The molecule has 0 saturated carbocycles. The molecule has 1 aliphatic rings. The van der Waals surface area contributed by atoms with Gasteiger partial charge in [-0.2, -0.15) is 0 Å². The highest BCUT2D eigenvalue weighted by Gasteiger charge is 2.20. The molecule has 4 rings (SSSR count). The molecule has 7 heteroatoms. The molecule has 31 heavy (non-hydrogen) atoms. The van der Waals surface area contributed by atoms with E-state index in [1.54, 1.807) is 18.4 Å². The molecule has 3 aromatic rings. The molecule has 0 spiro atoms. The highest BCUT2D eigenvalue weighted by Crippen LogP contribution is 2.36. The number of fused-ring (bicyclic) bond motifs is 1. The Labute approximate surface area is 187 Å². The maximum atomic E-state index is 12.1. The van der Waals surface area contributed by atoms with Crippen molar-refractivity contribution in [3.05, 3.63) is 58.2 Å². The van der Waals surface area contributed by atoms with E-state index < -0.39 is 0 Å². The van der Waals surface area contributed by atoms with E-state index in [2.05, 4.69) is 60.6 Å². The Bertz CT molecular complexity index is 1140. The number of nitrogens with one attached hydrogen (secondary N) is 1. The molecule has 0 bridgehead atoms. The first-order valence-corrected chi connectivity index (χ1v) is 11.3. The lowest BCUT2D eigenvalue weighted by atomic mass is 10.1. The topological polar surface area (TPSA) is 67.3 Å². The van der Waals surface area contributed by atoms with E-state index >= 15 is 0 Å². The van der Waals surface area contributed by atoms with Gasteiger partial charge in [0, 0.05) is 31.1 Å². The molecule has 1 atom stereocenters. The Balaban J connectivity index is 1.59. The Morgan fingerprint density at radius 1 is 1.29 bits per heavy atom. The fraction of sp³-hybridized carbons (Fsp3) is 0.375. The second-order valence-electron chi connectivity index (χ2n) is 7.98. The van der Waals surface area contributed by atoms with E-state index in [1.165, 1.54) is 21.6 Å². The van der Waals surface area contributed by atoms with E-state index in [4.69, 9.17) is 9.72 Å². The standard InChI is InChI=1S/C24H28N4O2S/c1-15-6-5-7-19(12-15)16(2)25-24-23-20(26-17(3)27-24)13-21(31-23)18-8-10-28(11-9-18)22(29)14-30-4/h5-8,12-13,16H,9-11,14H2,1-4H3,(H,25,26,27)/t16-/m1/s1. The number of benzene rings is 1. The quantitative estimate of drug-likeness (QED) is 0.604. The van der Waals surface area contributed by atoms with Crippen molar-refractivity contribution in [1.29, 1.82) is 0 Å². The lowest BCUT2D eigenvalue weighted by Gasteiger charge is -2.25. The molecule has 1 aromatic carbocycles. The predicted octanol–water partition coefficient (Wildman–Crippen LogP) is 4.74. The molecule has 0 radical (unpaired) electrons. The lowest BCUT2D eigenvalue weighted by Crippen LogP contribution is -2.36. The van der Waals surface area contributed by atoms with E-state index in [9.17, 15) is 4.79 Å². The lowest BCUT2D eigenvalue weighted by molar-refractivity contribution is -0.134. The molecule has 2 aromatic heterocycles. The molecule has 1 N–H and O–H groups in total. The summed E-state index contributed by atoms with van der Waals surface area (Å²) in [7, 11) is 1.55. The third-order valence-corrected chi connectivity index (χ3v) is 6.73. The van der Waals surface area contributed by atoms with Crippen LogP contribution in [0, 0.1) is 13.8 Å². The molecular formula is C24H28N4O2S. The van der Waals surface area contributed by atoms with Crippen molar-refractivity contribution in [2.45, 2.75) is 33.2 Å². The van der Waals surface area contributed by atoms with Crippen LogP contribution in [0.25, 0.3) is 15.8 Å². The summed E-state index contributed by atoms with van der Waals surface area (Å²) in [6, 6.07) is 10.8. The first kappa shape index (κ1) is 21.5. The number of hydrogen-bond donors (Lipinski definition) is 1. The second-order valence-corrected chi connectivity index (χ2v) is 9.03. The van der Waals surface area contributed by atoms with Gasteiger partial charge >= 0.3 is 0 Å². The average Bonchev–Trinajstić information content (AvgIpc) is 3.18. The number of thiophene rings is 1. The van der Waals surface area contributed by atoms with Crippen LogP contribution in [0.1, 0.15) is 41.2 Å². The van der Waals surface area contributed by atoms with Crippen LogP contribution in [0.15, 0.2) is 36.4 Å². The van der Waals surface area contributed by atoms with Crippen LogP contribution in [0.2, 0.25) is 0 Å². The maximum Gasteiger partial charge on any atom is 0.248 e. The summed E-state index contributed by atoms with van der Waals surface area (Å²) in [5, 5.41) is 3.59. The Hall–Kier alpha value is -2.77. The van der Waals surface area contributed by atoms with Crippen LogP contribution in [-0.2, 0) is 9.53 Å². The van der Waals surface area contributed by atoms with E-state index in [0.29, 0.717) is 13.1 Å². The van der Waals surface area contributed by atoms with Gasteiger partial charge < -0.3 is 15.0 Å². The third kappa shape index (κ3) is 4.78. The van der Waals surface area contributed by atoms with Gasteiger partial charge in [-0.05, 0) is 44.4 Å². The minimum atomic E-state index is 0.0345. The van der Waals surface area contributed by atoms with Gasteiger partial charge in [0.05, 0.1) is 10.2 Å². The molecule has 6 nitrogen and oxygen atoms in total. The molecule has 162 valence electrons. The Morgan fingerprint density at radius 2 is 2.13 bits per heavy atom. The van der Waals surface area contributed by atoms with Crippen molar-refractivity contribution in [1.82, 2.24) is 14.9 Å². The maximum absolute atomic E-state index is 12.1. The molecule has 0 unspecified atom stereocenters. The van der Waals surface area contributed by atoms with E-state index in [1.807, 2.05) is 11.8 Å². The van der Waals surface area contributed by atoms with Crippen molar-refractivity contribution < 1.29 is 9.53 Å². The molecule has 3 heterocycles. The first-order chi connectivity index (χ1) is 14.9. The van der Waals surface area contributed by atoms with Gasteiger partial charge in [-0.1, -0.05) is 35.9 Å². The summed E-state index contributed by atoms with van der Waals surface area (Å²) in [5.74, 6) is 1.66. The summed E-state index contributed by atoms with van der Waals surface area (Å²) in [6.07, 6.45) is 2.97. The van der Waals surface area contributed by atoms with Gasteiger partial charge in [0.15, 0.2) is 0 Å². The van der Waals surface area contributed by atoms with Gasteiger partial charge in [0.2, 0.25) is 5.91 Å². The number of carbonyl (C=O) groups is 1. The van der Waals surface area contributed by atoms with Gasteiger partial charge in [0.1, 0.15) is 18.2 Å². The number of carbonyl (C=O) groups excluding carboxylic acids is 1. The van der Waals surface area contributed by atoms with E-state index in [-0.39, 0.29) is 18.6 Å². The number of anilines is 1. The molecule has 1 amide bonds. The largest absolute Gasteiger partial charge is 0.375 e. The zero-order valence-corrected chi connectivity index (χ0v) is 19.3. The van der Waals surface area contributed by atoms with Crippen molar-refractivity contribution in [2.24, 2.45) is 0 Å². The number of aryl methyl sites for hydroxylation is 2. The fourth-order valence-electron chi connectivity index (χ4n) is 3.86. The SMILES string of the molecule is COCC(=O)N1CC=C(c2cc3nc(C)nc(N[C@H](C)c4cccc(C)c4)c3s2)CC1. The zero-order valence-electron chi connectivity index (χ0n) is 18.4.